The van der Waals surface area contributed by atoms with Crippen molar-refractivity contribution >= 4 is 5.69 Å². The van der Waals surface area contributed by atoms with Gasteiger partial charge in [-0.1, -0.05) is 0 Å². The fourth-order valence-electron chi connectivity index (χ4n) is 2.45. The molecule has 112 valence electrons. The predicted molar refractivity (Wildman–Crippen MR) is 79.0 cm³/mol. The van der Waals surface area contributed by atoms with Gasteiger partial charge in [0.2, 0.25) is 0 Å². The van der Waals surface area contributed by atoms with E-state index in [4.69, 9.17) is 4.74 Å². The van der Waals surface area contributed by atoms with Crippen molar-refractivity contribution in [3.05, 3.63) is 42.0 Å². The third-order valence-corrected chi connectivity index (χ3v) is 3.54. The third-order valence-electron chi connectivity index (χ3n) is 3.54. The Hall–Kier alpha value is -2.08. The maximum Gasteiger partial charge on any atom is 0.150 e. The minimum Gasteiger partial charge on any atom is -0.489 e. The average Bonchev–Trinajstić information content (AvgIpc) is 2.92. The molecule has 1 aliphatic heterocycles. The summed E-state index contributed by atoms with van der Waals surface area (Å²) in [7, 11) is 1.85. The number of anilines is 1. The summed E-state index contributed by atoms with van der Waals surface area (Å²) in [6, 6.07) is 5.06. The summed E-state index contributed by atoms with van der Waals surface area (Å²) in [6.45, 7) is 3.82. The van der Waals surface area contributed by atoms with Gasteiger partial charge in [0.05, 0.1) is 11.9 Å². The molecule has 1 saturated heterocycles. The molecule has 1 aromatic heterocycles. The van der Waals surface area contributed by atoms with Gasteiger partial charge in [-0.25, -0.2) is 4.39 Å². The first-order valence-corrected chi connectivity index (χ1v) is 7.08. The fraction of sp³-hybridized carbons (Fsp3) is 0.400. The number of benzene rings is 1. The van der Waals surface area contributed by atoms with Crippen molar-refractivity contribution < 1.29 is 9.13 Å². The van der Waals surface area contributed by atoms with Crippen molar-refractivity contribution in [3.8, 4) is 5.75 Å². The van der Waals surface area contributed by atoms with Crippen LogP contribution in [0.1, 0.15) is 5.56 Å². The number of aryl methyl sites for hydroxylation is 1. The summed E-state index contributed by atoms with van der Waals surface area (Å²) in [4.78, 5) is 2.05. The quantitative estimate of drug-likeness (QED) is 0.927. The van der Waals surface area contributed by atoms with Crippen LogP contribution < -0.4 is 15.0 Å². The molecule has 0 atom stereocenters. The van der Waals surface area contributed by atoms with Crippen LogP contribution in [0.4, 0.5) is 10.1 Å². The van der Waals surface area contributed by atoms with Gasteiger partial charge >= 0.3 is 0 Å². The van der Waals surface area contributed by atoms with E-state index in [-0.39, 0.29) is 5.82 Å². The molecule has 3 rings (SSSR count). The van der Waals surface area contributed by atoms with Gasteiger partial charge in [0.15, 0.2) is 0 Å². The van der Waals surface area contributed by atoms with Crippen LogP contribution in [0, 0.1) is 5.82 Å². The van der Waals surface area contributed by atoms with E-state index in [0.717, 1.165) is 31.7 Å². The second-order valence-corrected chi connectivity index (χ2v) is 5.16. The molecule has 0 amide bonds. The highest BCUT2D eigenvalue weighted by atomic mass is 19.1. The molecule has 6 heteroatoms. The van der Waals surface area contributed by atoms with Gasteiger partial charge in [-0.3, -0.25) is 4.68 Å². The molecule has 0 radical (unpaired) electrons. The van der Waals surface area contributed by atoms with Crippen molar-refractivity contribution in [3.63, 3.8) is 0 Å². The van der Waals surface area contributed by atoms with Crippen molar-refractivity contribution in [2.75, 3.05) is 31.1 Å². The van der Waals surface area contributed by atoms with Crippen LogP contribution >= 0.6 is 0 Å². The molecule has 5 nitrogen and oxygen atoms in total. The van der Waals surface area contributed by atoms with Gasteiger partial charge in [-0.2, -0.15) is 5.10 Å². The van der Waals surface area contributed by atoms with Gasteiger partial charge in [0, 0.05) is 51.1 Å². The minimum absolute atomic E-state index is 0.236. The number of ether oxygens (including phenoxy) is 1. The first-order valence-electron chi connectivity index (χ1n) is 7.08. The number of halogens is 1. The minimum atomic E-state index is -0.236. The molecule has 1 N–H and O–H groups in total. The molecular weight excluding hydrogens is 271 g/mol. The van der Waals surface area contributed by atoms with E-state index in [1.807, 2.05) is 19.3 Å². The maximum absolute atomic E-state index is 14.2. The van der Waals surface area contributed by atoms with E-state index in [9.17, 15) is 4.39 Å². The van der Waals surface area contributed by atoms with Crippen molar-refractivity contribution in [1.29, 1.82) is 0 Å². The Morgan fingerprint density at radius 1 is 1.33 bits per heavy atom. The highest BCUT2D eigenvalue weighted by Crippen LogP contribution is 2.25. The summed E-state index contributed by atoms with van der Waals surface area (Å²) in [5.74, 6) is 0.302. The van der Waals surface area contributed by atoms with Crippen molar-refractivity contribution in [2.24, 2.45) is 7.05 Å². The van der Waals surface area contributed by atoms with E-state index in [0.29, 0.717) is 18.0 Å². The number of aromatic nitrogens is 2. The van der Waals surface area contributed by atoms with Gasteiger partial charge in [0.25, 0.3) is 0 Å². The summed E-state index contributed by atoms with van der Waals surface area (Å²) in [6.07, 6.45) is 3.62. The highest BCUT2D eigenvalue weighted by Gasteiger charge is 2.15. The smallest absolute Gasteiger partial charge is 0.150 e. The average molecular weight is 290 g/mol. The summed E-state index contributed by atoms with van der Waals surface area (Å²) in [5, 5.41) is 7.33. The van der Waals surface area contributed by atoms with E-state index in [1.54, 1.807) is 16.9 Å². The predicted octanol–water partition coefficient (Wildman–Crippen LogP) is 1.55. The van der Waals surface area contributed by atoms with Crippen LogP contribution in [0.3, 0.4) is 0 Å². The second-order valence-electron chi connectivity index (χ2n) is 5.16. The van der Waals surface area contributed by atoms with Crippen LogP contribution in [0.15, 0.2) is 30.6 Å². The first kappa shape index (κ1) is 13.9. The lowest BCUT2D eigenvalue weighted by atomic mass is 10.2. The second kappa shape index (κ2) is 6.13. The van der Waals surface area contributed by atoms with Crippen LogP contribution in [0.5, 0.6) is 5.75 Å². The van der Waals surface area contributed by atoms with E-state index >= 15 is 0 Å². The Kier molecular flexibility index (Phi) is 4.06. The molecule has 0 saturated carbocycles. The Bertz CT molecular complexity index is 607. The molecule has 21 heavy (non-hydrogen) atoms. The summed E-state index contributed by atoms with van der Waals surface area (Å²) < 4.78 is 21.5. The van der Waals surface area contributed by atoms with E-state index < -0.39 is 0 Å². The van der Waals surface area contributed by atoms with Crippen LogP contribution in [-0.2, 0) is 13.7 Å². The topological polar surface area (TPSA) is 42.3 Å². The number of rotatable bonds is 4. The zero-order valence-electron chi connectivity index (χ0n) is 12.1. The number of nitrogens with zero attached hydrogens (tertiary/aromatic N) is 3. The Morgan fingerprint density at radius 2 is 2.14 bits per heavy atom. The van der Waals surface area contributed by atoms with Gasteiger partial charge in [-0.05, 0) is 12.1 Å². The fourth-order valence-corrected chi connectivity index (χ4v) is 2.45. The molecule has 1 fully saturated rings. The highest BCUT2D eigenvalue weighted by molar-refractivity contribution is 5.51. The molecule has 1 aliphatic rings. The number of nitrogens with one attached hydrogen (secondary N) is 1. The van der Waals surface area contributed by atoms with Crippen LogP contribution in [-0.4, -0.2) is 36.0 Å². The largest absolute Gasteiger partial charge is 0.489 e. The normalized spacial score (nSPS) is 15.2. The molecule has 1 aromatic carbocycles. The van der Waals surface area contributed by atoms with Crippen molar-refractivity contribution in [1.82, 2.24) is 15.1 Å². The van der Waals surface area contributed by atoms with Crippen molar-refractivity contribution in [2.45, 2.75) is 6.61 Å². The van der Waals surface area contributed by atoms with Gasteiger partial charge < -0.3 is 15.0 Å². The molecule has 2 heterocycles. The van der Waals surface area contributed by atoms with Gasteiger partial charge in [0.1, 0.15) is 18.2 Å². The Labute approximate surface area is 123 Å². The van der Waals surface area contributed by atoms with E-state index in [1.165, 1.54) is 6.07 Å². The molecule has 0 spiro atoms. The van der Waals surface area contributed by atoms with Crippen LogP contribution in [0.25, 0.3) is 0 Å². The molecule has 2 aromatic rings. The van der Waals surface area contributed by atoms with Crippen LogP contribution in [0.2, 0.25) is 0 Å². The number of piperazine rings is 1. The van der Waals surface area contributed by atoms with E-state index in [2.05, 4.69) is 15.3 Å². The number of hydrogen-bond acceptors (Lipinski definition) is 4. The standard InChI is InChI=1S/C15H19FN4O/c1-19-10-12(9-18-19)11-21-13-2-3-15(14(16)8-13)20-6-4-17-5-7-20/h2-3,8-10,17H,4-7,11H2,1H3. The molecule has 0 unspecified atom stereocenters. The van der Waals surface area contributed by atoms with Gasteiger partial charge in [-0.15, -0.1) is 0 Å². The summed E-state index contributed by atoms with van der Waals surface area (Å²) in [5.41, 5.74) is 1.61. The lowest BCUT2D eigenvalue weighted by Crippen LogP contribution is -2.43. The lowest BCUT2D eigenvalue weighted by Gasteiger charge is -2.29. The third kappa shape index (κ3) is 3.33. The monoisotopic (exact) mass is 290 g/mol. The summed E-state index contributed by atoms with van der Waals surface area (Å²) >= 11 is 0. The zero-order valence-corrected chi connectivity index (χ0v) is 12.1. The SMILES string of the molecule is Cn1cc(COc2ccc(N3CCNCC3)c(F)c2)cn1. The maximum atomic E-state index is 14.2. The number of hydrogen-bond donors (Lipinski definition) is 1. The molecule has 0 aliphatic carbocycles. The Balaban J connectivity index is 1.65. The molecule has 0 bridgehead atoms. The zero-order chi connectivity index (χ0) is 14.7. The Morgan fingerprint density at radius 3 is 2.81 bits per heavy atom. The lowest BCUT2D eigenvalue weighted by molar-refractivity contribution is 0.304. The first-order chi connectivity index (χ1) is 10.2. The molecular formula is C15H19FN4O.